The van der Waals surface area contributed by atoms with Gasteiger partial charge in [-0.2, -0.15) is 5.26 Å². The van der Waals surface area contributed by atoms with Gasteiger partial charge < -0.3 is 9.88 Å². The number of nitriles is 1. The summed E-state index contributed by atoms with van der Waals surface area (Å²) in [5.74, 6) is 0.946. The van der Waals surface area contributed by atoms with Crippen molar-refractivity contribution in [3.05, 3.63) is 29.6 Å². The lowest BCUT2D eigenvalue weighted by Crippen LogP contribution is -2.25. The fourth-order valence-electron chi connectivity index (χ4n) is 2.62. The second-order valence-electron chi connectivity index (χ2n) is 5.74. The first-order valence-corrected chi connectivity index (χ1v) is 6.65. The zero-order valence-corrected chi connectivity index (χ0v) is 11.4. The fourth-order valence-corrected chi connectivity index (χ4v) is 2.62. The Hall–Kier alpha value is -1.86. The Balaban J connectivity index is 1.72. The fraction of sp³-hybridized carbons (Fsp3) is 0.467. The van der Waals surface area contributed by atoms with E-state index in [1.165, 1.54) is 5.56 Å². The minimum atomic E-state index is -0.0660. The Morgan fingerprint density at radius 3 is 2.95 bits per heavy atom. The van der Waals surface area contributed by atoms with Gasteiger partial charge in [0, 0.05) is 13.1 Å². The largest absolute Gasteiger partial charge is 0.342 e. The third-order valence-electron chi connectivity index (χ3n) is 3.78. The molecule has 1 heterocycles. The Bertz CT molecular complexity index is 646. The van der Waals surface area contributed by atoms with Crippen molar-refractivity contribution in [1.82, 2.24) is 14.9 Å². The van der Waals surface area contributed by atoms with E-state index in [4.69, 9.17) is 5.26 Å². The molecule has 0 bridgehead atoms. The number of imidazole rings is 1. The van der Waals surface area contributed by atoms with Crippen LogP contribution in [0.2, 0.25) is 0 Å². The van der Waals surface area contributed by atoms with Gasteiger partial charge in [0.05, 0.1) is 22.5 Å². The van der Waals surface area contributed by atoms with Crippen molar-refractivity contribution in [3.63, 3.8) is 0 Å². The van der Waals surface area contributed by atoms with Crippen molar-refractivity contribution >= 4 is 11.0 Å². The van der Waals surface area contributed by atoms with Crippen LogP contribution < -0.4 is 0 Å². The lowest BCUT2D eigenvalue weighted by atomic mass is 10.1. The van der Waals surface area contributed by atoms with E-state index in [9.17, 15) is 0 Å². The summed E-state index contributed by atoms with van der Waals surface area (Å²) in [6.07, 6.45) is 2.10. The molecule has 1 aliphatic carbocycles. The standard InChI is InChI=1S/C15H18N4/c1-11-17-13-4-3-12(7-14(13)18-11)8-19(2)10-15(9-16)5-6-15/h3-4,7H,5-6,8,10H2,1-2H3,(H,17,18). The van der Waals surface area contributed by atoms with Crippen LogP contribution in [-0.4, -0.2) is 28.5 Å². The van der Waals surface area contributed by atoms with Gasteiger partial charge in [-0.05, 0) is 44.5 Å². The second kappa shape index (κ2) is 4.36. The zero-order valence-electron chi connectivity index (χ0n) is 11.4. The smallest absolute Gasteiger partial charge is 0.104 e. The number of nitrogens with one attached hydrogen (secondary N) is 1. The number of benzene rings is 1. The van der Waals surface area contributed by atoms with Crippen LogP contribution in [0.3, 0.4) is 0 Å². The second-order valence-corrected chi connectivity index (χ2v) is 5.74. The van der Waals surface area contributed by atoms with Gasteiger partial charge in [-0.25, -0.2) is 4.98 Å². The summed E-state index contributed by atoms with van der Waals surface area (Å²) < 4.78 is 0. The molecule has 0 aliphatic heterocycles. The number of hydrogen-bond acceptors (Lipinski definition) is 3. The van der Waals surface area contributed by atoms with Crippen LogP contribution in [0.1, 0.15) is 24.2 Å². The van der Waals surface area contributed by atoms with E-state index in [0.29, 0.717) is 0 Å². The van der Waals surface area contributed by atoms with Crippen LogP contribution in [0.25, 0.3) is 11.0 Å². The highest BCUT2D eigenvalue weighted by Gasteiger charge is 2.43. The highest BCUT2D eigenvalue weighted by Crippen LogP contribution is 2.45. The predicted molar refractivity (Wildman–Crippen MR) is 74.4 cm³/mol. The van der Waals surface area contributed by atoms with E-state index >= 15 is 0 Å². The van der Waals surface area contributed by atoms with Gasteiger partial charge in [0.1, 0.15) is 5.82 Å². The van der Waals surface area contributed by atoms with Crippen molar-refractivity contribution in [2.45, 2.75) is 26.3 Å². The van der Waals surface area contributed by atoms with Gasteiger partial charge in [-0.3, -0.25) is 0 Å². The third-order valence-corrected chi connectivity index (χ3v) is 3.78. The first kappa shape index (κ1) is 12.2. The molecule has 1 aliphatic rings. The Morgan fingerprint density at radius 2 is 2.26 bits per heavy atom. The van der Waals surface area contributed by atoms with Crippen LogP contribution >= 0.6 is 0 Å². The topological polar surface area (TPSA) is 55.7 Å². The van der Waals surface area contributed by atoms with E-state index in [0.717, 1.165) is 42.8 Å². The van der Waals surface area contributed by atoms with Crippen molar-refractivity contribution in [2.75, 3.05) is 13.6 Å². The lowest BCUT2D eigenvalue weighted by Gasteiger charge is -2.19. The van der Waals surface area contributed by atoms with Crippen LogP contribution in [0.5, 0.6) is 0 Å². The number of aryl methyl sites for hydroxylation is 1. The highest BCUT2D eigenvalue weighted by molar-refractivity contribution is 5.75. The van der Waals surface area contributed by atoms with Gasteiger partial charge in [0.15, 0.2) is 0 Å². The highest BCUT2D eigenvalue weighted by atomic mass is 15.1. The number of hydrogen-bond donors (Lipinski definition) is 1. The number of fused-ring (bicyclic) bond motifs is 1. The molecule has 98 valence electrons. The molecule has 0 amide bonds. The quantitative estimate of drug-likeness (QED) is 0.912. The summed E-state index contributed by atoms with van der Waals surface area (Å²) >= 11 is 0. The van der Waals surface area contributed by atoms with Crippen LogP contribution in [0, 0.1) is 23.7 Å². The summed E-state index contributed by atoms with van der Waals surface area (Å²) in [4.78, 5) is 9.90. The minimum Gasteiger partial charge on any atom is -0.342 e. The predicted octanol–water partition coefficient (Wildman–Crippen LogP) is 2.61. The molecule has 0 spiro atoms. The van der Waals surface area contributed by atoms with Crippen molar-refractivity contribution in [2.24, 2.45) is 5.41 Å². The van der Waals surface area contributed by atoms with E-state index in [1.54, 1.807) is 0 Å². The number of rotatable bonds is 4. The molecule has 0 atom stereocenters. The SMILES string of the molecule is Cc1nc2ccc(CN(C)CC3(C#N)CC3)cc2[nH]1. The third kappa shape index (κ3) is 2.47. The normalized spacial score (nSPS) is 16.7. The minimum absolute atomic E-state index is 0.0660. The first-order chi connectivity index (χ1) is 9.10. The number of H-pyrrole nitrogens is 1. The van der Waals surface area contributed by atoms with Gasteiger partial charge in [0.2, 0.25) is 0 Å². The van der Waals surface area contributed by atoms with E-state index in [2.05, 4.69) is 46.2 Å². The van der Waals surface area contributed by atoms with E-state index < -0.39 is 0 Å². The van der Waals surface area contributed by atoms with Gasteiger partial charge >= 0.3 is 0 Å². The van der Waals surface area contributed by atoms with Crippen LogP contribution in [0.15, 0.2) is 18.2 Å². The maximum Gasteiger partial charge on any atom is 0.104 e. The Kier molecular flexibility index (Phi) is 2.79. The average molecular weight is 254 g/mol. The van der Waals surface area contributed by atoms with Gasteiger partial charge in [-0.1, -0.05) is 6.07 Å². The summed E-state index contributed by atoms with van der Waals surface area (Å²) in [7, 11) is 2.08. The molecule has 0 saturated heterocycles. The molecule has 1 aromatic carbocycles. The lowest BCUT2D eigenvalue weighted by molar-refractivity contribution is 0.287. The molecule has 4 heteroatoms. The van der Waals surface area contributed by atoms with Crippen LogP contribution in [0.4, 0.5) is 0 Å². The maximum atomic E-state index is 9.13. The molecule has 2 aromatic rings. The van der Waals surface area contributed by atoms with Crippen LogP contribution in [-0.2, 0) is 6.54 Å². The van der Waals surface area contributed by atoms with Gasteiger partial charge in [0.25, 0.3) is 0 Å². The number of aromatic amines is 1. The molecule has 1 saturated carbocycles. The van der Waals surface area contributed by atoms with E-state index in [-0.39, 0.29) is 5.41 Å². The van der Waals surface area contributed by atoms with E-state index in [1.807, 2.05) is 6.92 Å². The number of aromatic nitrogens is 2. The monoisotopic (exact) mass is 254 g/mol. The Morgan fingerprint density at radius 1 is 1.47 bits per heavy atom. The molecule has 1 aromatic heterocycles. The molecule has 0 radical (unpaired) electrons. The zero-order chi connectivity index (χ0) is 13.5. The molecule has 3 rings (SSSR count). The molecular formula is C15H18N4. The van der Waals surface area contributed by atoms with Crippen molar-refractivity contribution in [1.29, 1.82) is 5.26 Å². The molecule has 1 N–H and O–H groups in total. The molecule has 0 unspecified atom stereocenters. The summed E-state index contributed by atoms with van der Waals surface area (Å²) in [5, 5.41) is 9.13. The maximum absolute atomic E-state index is 9.13. The average Bonchev–Trinajstić information content (AvgIpc) is 3.03. The molecule has 1 fully saturated rings. The summed E-state index contributed by atoms with van der Waals surface area (Å²) in [6.45, 7) is 3.70. The molecule has 19 heavy (non-hydrogen) atoms. The van der Waals surface area contributed by atoms with Crippen molar-refractivity contribution in [3.8, 4) is 6.07 Å². The molecular weight excluding hydrogens is 236 g/mol. The Labute approximate surface area is 113 Å². The summed E-state index contributed by atoms with van der Waals surface area (Å²) in [5.41, 5.74) is 3.29. The van der Waals surface area contributed by atoms with Gasteiger partial charge in [-0.15, -0.1) is 0 Å². The first-order valence-electron chi connectivity index (χ1n) is 6.65. The van der Waals surface area contributed by atoms with Crippen molar-refractivity contribution < 1.29 is 0 Å². The number of nitrogens with zero attached hydrogens (tertiary/aromatic N) is 3. The molecule has 4 nitrogen and oxygen atoms in total. The summed E-state index contributed by atoms with van der Waals surface area (Å²) in [6, 6.07) is 8.77.